The Morgan fingerprint density at radius 1 is 1.19 bits per heavy atom. The maximum atomic E-state index is 11.7. The van der Waals surface area contributed by atoms with E-state index in [4.69, 9.17) is 5.73 Å². The molecule has 0 unspecified atom stereocenters. The van der Waals surface area contributed by atoms with Crippen molar-refractivity contribution in [2.45, 2.75) is 25.7 Å². The van der Waals surface area contributed by atoms with Crippen LogP contribution in [0.1, 0.15) is 35.3 Å². The van der Waals surface area contributed by atoms with Gasteiger partial charge in [-0.05, 0) is 24.8 Å². The molecule has 0 saturated heterocycles. The highest BCUT2D eigenvalue weighted by molar-refractivity contribution is 5.93. The van der Waals surface area contributed by atoms with Gasteiger partial charge in [-0.25, -0.2) is 4.98 Å². The van der Waals surface area contributed by atoms with Crippen LogP contribution in [0.15, 0.2) is 36.5 Å². The monoisotopic (exact) mass is 286 g/mol. The number of aromatic amines is 1. The first-order chi connectivity index (χ1) is 10.1. The number of aryl methyl sites for hydroxylation is 1. The van der Waals surface area contributed by atoms with E-state index in [1.165, 1.54) is 11.8 Å². The number of rotatable bonds is 7. The summed E-state index contributed by atoms with van der Waals surface area (Å²) < 4.78 is 0. The first kappa shape index (κ1) is 14.8. The molecule has 2 amide bonds. The Morgan fingerprint density at radius 3 is 2.62 bits per heavy atom. The molecule has 0 aliphatic rings. The fourth-order valence-electron chi connectivity index (χ4n) is 1.96. The van der Waals surface area contributed by atoms with Gasteiger partial charge < -0.3 is 10.7 Å². The molecule has 0 radical (unpaired) electrons. The number of carbonyl (C=O) groups excluding carboxylic acids is 2. The molecule has 6 nitrogen and oxygen atoms in total. The van der Waals surface area contributed by atoms with E-state index >= 15 is 0 Å². The number of carbonyl (C=O) groups is 2. The van der Waals surface area contributed by atoms with Gasteiger partial charge in [-0.15, -0.1) is 0 Å². The second-order valence-corrected chi connectivity index (χ2v) is 4.75. The topological polar surface area (TPSA) is 101 Å². The van der Waals surface area contributed by atoms with Crippen LogP contribution in [0.5, 0.6) is 0 Å². The predicted molar refractivity (Wildman–Crippen MR) is 79.7 cm³/mol. The second kappa shape index (κ2) is 7.23. The quantitative estimate of drug-likeness (QED) is 0.677. The van der Waals surface area contributed by atoms with Crippen molar-refractivity contribution in [2.24, 2.45) is 5.73 Å². The summed E-state index contributed by atoms with van der Waals surface area (Å²) in [4.78, 5) is 29.1. The third-order valence-corrected chi connectivity index (χ3v) is 3.06. The zero-order valence-electron chi connectivity index (χ0n) is 11.6. The van der Waals surface area contributed by atoms with E-state index in [0.29, 0.717) is 6.42 Å². The molecule has 4 N–H and O–H groups in total. The number of anilines is 1. The predicted octanol–water partition coefficient (Wildman–Crippen LogP) is 1.86. The van der Waals surface area contributed by atoms with Gasteiger partial charge >= 0.3 is 0 Å². The molecule has 0 bridgehead atoms. The largest absolute Gasteiger partial charge is 0.364 e. The van der Waals surface area contributed by atoms with Crippen LogP contribution in [0.2, 0.25) is 0 Å². The SMILES string of the molecule is NC(=O)c1cnc(NC(=O)CCCCc2ccccc2)[nH]1. The Kier molecular flexibility index (Phi) is 5.09. The molecule has 1 aromatic heterocycles. The summed E-state index contributed by atoms with van der Waals surface area (Å²) in [6.07, 6.45) is 4.42. The van der Waals surface area contributed by atoms with E-state index in [1.54, 1.807) is 0 Å². The van der Waals surface area contributed by atoms with Crippen molar-refractivity contribution in [1.82, 2.24) is 9.97 Å². The molecule has 0 fully saturated rings. The van der Waals surface area contributed by atoms with Crippen LogP contribution in [0.3, 0.4) is 0 Å². The van der Waals surface area contributed by atoms with E-state index < -0.39 is 5.91 Å². The molecule has 0 aliphatic heterocycles. The van der Waals surface area contributed by atoms with Crippen molar-refractivity contribution in [3.63, 3.8) is 0 Å². The summed E-state index contributed by atoms with van der Waals surface area (Å²) in [5, 5.41) is 2.60. The molecule has 6 heteroatoms. The third kappa shape index (κ3) is 4.76. The fraction of sp³-hybridized carbons (Fsp3) is 0.267. The smallest absolute Gasteiger partial charge is 0.266 e. The van der Waals surface area contributed by atoms with Crippen LogP contribution in [0.25, 0.3) is 0 Å². The molecule has 0 spiro atoms. The molecule has 110 valence electrons. The molecule has 1 heterocycles. The number of unbranched alkanes of at least 4 members (excludes halogenated alkanes) is 1. The highest BCUT2D eigenvalue weighted by Gasteiger charge is 2.08. The molecular formula is C15H18N4O2. The average Bonchev–Trinajstić information content (AvgIpc) is 2.93. The van der Waals surface area contributed by atoms with Crippen molar-refractivity contribution in [3.05, 3.63) is 47.8 Å². The van der Waals surface area contributed by atoms with Crippen molar-refractivity contribution < 1.29 is 9.59 Å². The Labute approximate surface area is 122 Å². The van der Waals surface area contributed by atoms with Crippen LogP contribution in [0.4, 0.5) is 5.95 Å². The van der Waals surface area contributed by atoms with E-state index in [1.807, 2.05) is 18.2 Å². The van der Waals surface area contributed by atoms with E-state index in [-0.39, 0.29) is 17.5 Å². The number of nitrogens with zero attached hydrogens (tertiary/aromatic N) is 1. The highest BCUT2D eigenvalue weighted by atomic mass is 16.2. The number of H-pyrrole nitrogens is 1. The van der Waals surface area contributed by atoms with Gasteiger partial charge in [-0.1, -0.05) is 30.3 Å². The molecule has 0 saturated carbocycles. The Hall–Kier alpha value is -2.63. The summed E-state index contributed by atoms with van der Waals surface area (Å²) in [5.74, 6) is -0.490. The first-order valence-electron chi connectivity index (χ1n) is 6.84. The third-order valence-electron chi connectivity index (χ3n) is 3.06. The fourth-order valence-corrected chi connectivity index (χ4v) is 1.96. The minimum absolute atomic E-state index is 0.131. The molecule has 21 heavy (non-hydrogen) atoms. The van der Waals surface area contributed by atoms with Gasteiger partial charge in [0.1, 0.15) is 5.69 Å². The minimum atomic E-state index is -0.606. The lowest BCUT2D eigenvalue weighted by molar-refractivity contribution is -0.116. The van der Waals surface area contributed by atoms with E-state index in [0.717, 1.165) is 19.3 Å². The zero-order chi connectivity index (χ0) is 15.1. The minimum Gasteiger partial charge on any atom is -0.364 e. The van der Waals surface area contributed by atoms with E-state index in [9.17, 15) is 9.59 Å². The van der Waals surface area contributed by atoms with Gasteiger partial charge in [0.05, 0.1) is 6.20 Å². The van der Waals surface area contributed by atoms with Crippen molar-refractivity contribution in [1.29, 1.82) is 0 Å². The first-order valence-corrected chi connectivity index (χ1v) is 6.84. The number of primary amides is 1. The number of aromatic nitrogens is 2. The average molecular weight is 286 g/mol. The Morgan fingerprint density at radius 2 is 1.95 bits per heavy atom. The summed E-state index contributed by atoms with van der Waals surface area (Å²) in [6.45, 7) is 0. The summed E-state index contributed by atoms with van der Waals surface area (Å²) in [5.41, 5.74) is 6.54. The number of hydrogen-bond acceptors (Lipinski definition) is 3. The van der Waals surface area contributed by atoms with Gasteiger partial charge in [0.15, 0.2) is 0 Å². The van der Waals surface area contributed by atoms with E-state index in [2.05, 4.69) is 27.4 Å². The van der Waals surface area contributed by atoms with Crippen molar-refractivity contribution in [3.8, 4) is 0 Å². The van der Waals surface area contributed by atoms with Gasteiger partial charge in [0.2, 0.25) is 11.9 Å². The van der Waals surface area contributed by atoms with Crippen LogP contribution in [0, 0.1) is 0 Å². The maximum absolute atomic E-state index is 11.7. The Balaban J connectivity index is 1.68. The number of imidazole rings is 1. The summed E-state index contributed by atoms with van der Waals surface area (Å²) in [6, 6.07) is 10.2. The van der Waals surface area contributed by atoms with Crippen molar-refractivity contribution >= 4 is 17.8 Å². The van der Waals surface area contributed by atoms with Gasteiger partial charge in [-0.3, -0.25) is 14.9 Å². The summed E-state index contributed by atoms with van der Waals surface area (Å²) >= 11 is 0. The second-order valence-electron chi connectivity index (χ2n) is 4.75. The lowest BCUT2D eigenvalue weighted by atomic mass is 10.1. The number of hydrogen-bond donors (Lipinski definition) is 3. The van der Waals surface area contributed by atoms with Crippen LogP contribution in [-0.4, -0.2) is 21.8 Å². The number of amides is 2. The number of nitrogens with one attached hydrogen (secondary N) is 2. The van der Waals surface area contributed by atoms with Gasteiger partial charge in [-0.2, -0.15) is 0 Å². The molecule has 2 aromatic rings. The molecule has 0 atom stereocenters. The maximum Gasteiger partial charge on any atom is 0.266 e. The molecule has 1 aromatic carbocycles. The number of benzene rings is 1. The summed E-state index contributed by atoms with van der Waals surface area (Å²) in [7, 11) is 0. The standard InChI is InChI=1S/C15H18N4O2/c16-14(21)12-10-17-15(18-12)19-13(20)9-5-4-8-11-6-2-1-3-7-11/h1-3,6-7,10H,4-5,8-9H2,(H2,16,21)(H2,17,18,19,20). The van der Waals surface area contributed by atoms with Gasteiger partial charge in [0.25, 0.3) is 5.91 Å². The molecular weight excluding hydrogens is 268 g/mol. The van der Waals surface area contributed by atoms with Crippen molar-refractivity contribution in [2.75, 3.05) is 5.32 Å². The highest BCUT2D eigenvalue weighted by Crippen LogP contribution is 2.08. The normalized spacial score (nSPS) is 10.3. The Bertz CT molecular complexity index is 607. The van der Waals surface area contributed by atoms with Crippen LogP contribution >= 0.6 is 0 Å². The lowest BCUT2D eigenvalue weighted by Gasteiger charge is -2.03. The molecule has 0 aliphatic carbocycles. The van der Waals surface area contributed by atoms with Crippen LogP contribution in [-0.2, 0) is 11.2 Å². The van der Waals surface area contributed by atoms with Crippen LogP contribution < -0.4 is 11.1 Å². The molecule has 2 rings (SSSR count). The zero-order valence-corrected chi connectivity index (χ0v) is 11.6. The van der Waals surface area contributed by atoms with Gasteiger partial charge in [0, 0.05) is 6.42 Å². The number of nitrogens with two attached hydrogens (primary N) is 1. The lowest BCUT2D eigenvalue weighted by Crippen LogP contribution is -2.14.